The fourth-order valence-corrected chi connectivity index (χ4v) is 8.32. The number of rotatable bonds is 17. The molecule has 0 bridgehead atoms. The number of allylic oxidation sites excluding steroid dienone is 4. The first-order chi connectivity index (χ1) is 29.7. The van der Waals surface area contributed by atoms with Gasteiger partial charge in [0.15, 0.2) is 11.5 Å². The van der Waals surface area contributed by atoms with Crippen LogP contribution in [0.2, 0.25) is 0 Å². The van der Waals surface area contributed by atoms with E-state index >= 15 is 0 Å². The van der Waals surface area contributed by atoms with Gasteiger partial charge in [0.1, 0.15) is 23.0 Å². The summed E-state index contributed by atoms with van der Waals surface area (Å²) in [6.07, 6.45) is 9.25. The summed E-state index contributed by atoms with van der Waals surface area (Å²) in [6, 6.07) is 18.2. The molecule has 0 unspecified atom stereocenters. The molecular weight excluding hydrogens is 781 g/mol. The standard InChI is InChI=1S/C52H60N2O8/c1-9-11-13-23-61-35-19-15-33(16-20-35)53-27-39-45-37(41(29(3)4)51(59)47(39)55)25-31(7)43(49(45)57)44-32(8)26-38-42(30(5)6)52(60)48(56)40(46(38)50(44)58)28-54-34-17-21-36(22-18-34)62-24-14-12-10-2/h15-22,25-30,53-54,57-60H,9-14,23-24H2,1-8H3/b39-27-,40-28-. The van der Waals surface area contributed by atoms with Crippen molar-refractivity contribution in [2.24, 2.45) is 11.8 Å². The van der Waals surface area contributed by atoms with Crippen LogP contribution < -0.4 is 20.1 Å². The van der Waals surface area contributed by atoms with Crippen molar-refractivity contribution in [1.29, 1.82) is 0 Å². The molecule has 0 fully saturated rings. The molecular formula is C52H60N2O8. The number of fused-ring (bicyclic) bond motifs is 2. The van der Waals surface area contributed by atoms with E-state index in [0.717, 1.165) is 50.0 Å². The molecule has 326 valence electrons. The molecule has 0 heterocycles. The predicted molar refractivity (Wildman–Crippen MR) is 250 cm³/mol. The lowest BCUT2D eigenvalue weighted by Gasteiger charge is -2.29. The Hall–Kier alpha value is -6.42. The zero-order chi connectivity index (χ0) is 44.8. The number of benzene rings is 4. The van der Waals surface area contributed by atoms with Gasteiger partial charge in [0.2, 0.25) is 11.6 Å². The average molecular weight is 841 g/mol. The van der Waals surface area contributed by atoms with Gasteiger partial charge in [0, 0.05) is 57.2 Å². The van der Waals surface area contributed by atoms with Crippen LogP contribution in [0.1, 0.15) is 113 Å². The molecule has 0 aliphatic heterocycles. The number of aromatic hydroxyl groups is 2. The fourth-order valence-electron chi connectivity index (χ4n) is 8.32. The number of ketones is 2. The highest BCUT2D eigenvalue weighted by Gasteiger charge is 2.38. The molecule has 10 nitrogen and oxygen atoms in total. The van der Waals surface area contributed by atoms with Gasteiger partial charge in [-0.15, -0.1) is 0 Å². The maximum absolute atomic E-state index is 14.1. The van der Waals surface area contributed by atoms with Gasteiger partial charge in [-0.2, -0.15) is 0 Å². The normalized spacial score (nSPS) is 15.2. The van der Waals surface area contributed by atoms with E-state index in [2.05, 4.69) is 24.5 Å². The molecule has 4 aromatic rings. The first kappa shape index (κ1) is 45.1. The van der Waals surface area contributed by atoms with Crippen molar-refractivity contribution in [3.63, 3.8) is 0 Å². The van der Waals surface area contributed by atoms with Crippen LogP contribution in [-0.4, -0.2) is 45.2 Å². The van der Waals surface area contributed by atoms with Gasteiger partial charge in [-0.25, -0.2) is 0 Å². The Bertz CT molecular complexity index is 2300. The first-order valence-corrected chi connectivity index (χ1v) is 21.8. The maximum atomic E-state index is 14.1. The Kier molecular flexibility index (Phi) is 14.2. The van der Waals surface area contributed by atoms with Crippen molar-refractivity contribution >= 4 is 45.2 Å². The lowest BCUT2D eigenvalue weighted by Crippen LogP contribution is -2.20. The van der Waals surface area contributed by atoms with E-state index in [9.17, 15) is 30.0 Å². The molecule has 0 saturated carbocycles. The third-order valence-corrected chi connectivity index (χ3v) is 11.5. The molecule has 0 saturated heterocycles. The van der Waals surface area contributed by atoms with Gasteiger partial charge in [-0.05, 0) is 109 Å². The Labute approximate surface area is 365 Å². The fraction of sp³-hybridized carbons (Fsp3) is 0.346. The van der Waals surface area contributed by atoms with Crippen LogP contribution in [0.25, 0.3) is 33.4 Å². The van der Waals surface area contributed by atoms with E-state index in [1.54, 1.807) is 13.8 Å². The summed E-state index contributed by atoms with van der Waals surface area (Å²) in [7, 11) is 0. The molecule has 0 atom stereocenters. The van der Waals surface area contributed by atoms with Crippen LogP contribution in [0, 0.1) is 25.7 Å². The quantitative estimate of drug-likeness (QED) is 0.0446. The Morgan fingerprint density at radius 3 is 1.23 bits per heavy atom. The topological polar surface area (TPSA) is 158 Å². The maximum Gasteiger partial charge on any atom is 0.229 e. The van der Waals surface area contributed by atoms with Crippen LogP contribution in [0.4, 0.5) is 11.4 Å². The second-order valence-electron chi connectivity index (χ2n) is 16.7. The second-order valence-corrected chi connectivity index (χ2v) is 16.7. The number of nitrogens with one attached hydrogen (secondary N) is 2. The molecule has 0 spiro atoms. The van der Waals surface area contributed by atoms with E-state index < -0.39 is 23.1 Å². The van der Waals surface area contributed by atoms with Crippen molar-refractivity contribution in [1.82, 2.24) is 0 Å². The molecule has 2 aliphatic carbocycles. The predicted octanol–water partition coefficient (Wildman–Crippen LogP) is 12.4. The van der Waals surface area contributed by atoms with Crippen LogP contribution >= 0.6 is 0 Å². The van der Waals surface area contributed by atoms with Crippen molar-refractivity contribution in [3.05, 3.63) is 118 Å². The minimum Gasteiger partial charge on any atom is -0.507 e. The number of phenols is 2. The van der Waals surface area contributed by atoms with Gasteiger partial charge in [0.05, 0.1) is 24.4 Å². The van der Waals surface area contributed by atoms with Gasteiger partial charge in [-0.3, -0.25) is 9.59 Å². The highest BCUT2D eigenvalue weighted by molar-refractivity contribution is 6.35. The van der Waals surface area contributed by atoms with Gasteiger partial charge < -0.3 is 40.5 Å². The molecule has 2 aliphatic rings. The van der Waals surface area contributed by atoms with E-state index in [4.69, 9.17) is 9.47 Å². The monoisotopic (exact) mass is 840 g/mol. The number of unbranched alkanes of at least 4 members (excludes halogenated alkanes) is 4. The third kappa shape index (κ3) is 9.10. The number of aliphatic hydroxyl groups is 2. The minimum atomic E-state index is -0.666. The molecule has 10 heteroatoms. The van der Waals surface area contributed by atoms with Crippen molar-refractivity contribution in [3.8, 4) is 34.1 Å². The van der Waals surface area contributed by atoms with Crippen molar-refractivity contribution < 1.29 is 39.5 Å². The number of hydrogen-bond donors (Lipinski definition) is 6. The summed E-state index contributed by atoms with van der Waals surface area (Å²) < 4.78 is 11.7. The number of aliphatic hydroxyl groups excluding tert-OH is 2. The Morgan fingerprint density at radius 1 is 0.548 bits per heavy atom. The number of anilines is 2. The summed E-state index contributed by atoms with van der Waals surface area (Å²) in [5.74, 6) is -1.81. The molecule has 6 rings (SSSR count). The van der Waals surface area contributed by atoms with Crippen LogP contribution in [0.3, 0.4) is 0 Å². The lowest BCUT2D eigenvalue weighted by molar-refractivity contribution is -0.113. The smallest absolute Gasteiger partial charge is 0.229 e. The highest BCUT2D eigenvalue weighted by Crippen LogP contribution is 2.53. The number of hydrogen-bond acceptors (Lipinski definition) is 10. The number of ether oxygens (including phenoxy) is 2. The van der Waals surface area contributed by atoms with E-state index in [1.165, 1.54) is 12.4 Å². The lowest BCUT2D eigenvalue weighted by atomic mass is 9.75. The largest absolute Gasteiger partial charge is 0.507 e. The molecule has 0 aromatic heterocycles. The minimum absolute atomic E-state index is 0.0305. The van der Waals surface area contributed by atoms with Crippen molar-refractivity contribution in [2.45, 2.75) is 93.9 Å². The third-order valence-electron chi connectivity index (χ3n) is 11.5. The van der Waals surface area contributed by atoms with Crippen LogP contribution in [0.15, 0.2) is 84.6 Å². The number of phenolic OH excluding ortho intramolecular Hbond substituents is 2. The first-order valence-electron chi connectivity index (χ1n) is 21.8. The molecule has 6 N–H and O–H groups in total. The number of aryl methyl sites for hydroxylation is 2. The summed E-state index contributed by atoms with van der Waals surface area (Å²) in [5, 5.41) is 54.1. The summed E-state index contributed by atoms with van der Waals surface area (Å²) in [5.41, 5.74) is 5.17. The van der Waals surface area contributed by atoms with Crippen LogP contribution in [-0.2, 0) is 9.59 Å². The van der Waals surface area contributed by atoms with E-state index in [1.807, 2.05) is 88.4 Å². The number of carbonyl (C=O) groups excluding carboxylic acids is 2. The Balaban J connectivity index is 1.46. The summed E-state index contributed by atoms with van der Waals surface area (Å²) in [6.45, 7) is 16.6. The summed E-state index contributed by atoms with van der Waals surface area (Å²) >= 11 is 0. The zero-order valence-electron chi connectivity index (χ0n) is 37.2. The Morgan fingerprint density at radius 2 is 0.903 bits per heavy atom. The zero-order valence-corrected chi connectivity index (χ0v) is 37.2. The molecule has 0 radical (unpaired) electrons. The molecule has 62 heavy (non-hydrogen) atoms. The molecule has 0 amide bonds. The SMILES string of the molecule is CCCCCOc1ccc(N/C=C2\C(=O)C(O)=C(C(C)C)c3cc(C)c(-c4c(C)cc5c(c4O)/C(=C/Nc4ccc(OCCCCC)cc4)C(=O)C(O)=C5C(C)C)c(O)c32)cc1. The van der Waals surface area contributed by atoms with Crippen molar-refractivity contribution in [2.75, 3.05) is 23.8 Å². The van der Waals surface area contributed by atoms with Gasteiger partial charge in [-0.1, -0.05) is 79.4 Å². The molecule has 4 aromatic carbocycles. The van der Waals surface area contributed by atoms with Crippen LogP contribution in [0.5, 0.6) is 23.0 Å². The van der Waals surface area contributed by atoms with E-state index in [-0.39, 0.29) is 56.7 Å². The highest BCUT2D eigenvalue weighted by atomic mass is 16.5. The van der Waals surface area contributed by atoms with Gasteiger partial charge in [0.25, 0.3) is 0 Å². The average Bonchev–Trinajstić information content (AvgIpc) is 3.23. The number of carbonyl (C=O) groups is 2. The second kappa shape index (κ2) is 19.5. The summed E-state index contributed by atoms with van der Waals surface area (Å²) in [4.78, 5) is 28.1. The van der Waals surface area contributed by atoms with Gasteiger partial charge >= 0.3 is 0 Å². The van der Waals surface area contributed by atoms with E-state index in [0.29, 0.717) is 58.0 Å². The number of Topliss-reactive ketones (excluding diaryl/α,β-unsaturated/α-hetero) is 2.